The lowest BCUT2D eigenvalue weighted by Gasteiger charge is -2.22. The van der Waals surface area contributed by atoms with Gasteiger partial charge in [0.15, 0.2) is 0 Å². The molecule has 2 aromatic carbocycles. The van der Waals surface area contributed by atoms with Gasteiger partial charge < -0.3 is 20.2 Å². The van der Waals surface area contributed by atoms with Crippen LogP contribution in [-0.2, 0) is 10.8 Å². The van der Waals surface area contributed by atoms with Crippen molar-refractivity contribution in [1.29, 1.82) is 0 Å². The van der Waals surface area contributed by atoms with Crippen LogP contribution in [0.3, 0.4) is 0 Å². The Kier molecular flexibility index (Phi) is 7.16. The van der Waals surface area contributed by atoms with Gasteiger partial charge in [0.05, 0.1) is 22.8 Å². The van der Waals surface area contributed by atoms with Gasteiger partial charge in [0.1, 0.15) is 11.5 Å². The van der Waals surface area contributed by atoms with E-state index in [4.69, 9.17) is 9.97 Å². The second kappa shape index (κ2) is 10.9. The second-order valence-electron chi connectivity index (χ2n) is 13.3. The summed E-state index contributed by atoms with van der Waals surface area (Å²) in [7, 11) is 0. The summed E-state index contributed by atoms with van der Waals surface area (Å²) in [6, 6.07) is 27.4. The Balaban J connectivity index is 1.47. The zero-order valence-corrected chi connectivity index (χ0v) is 26.0. The molecular formula is C38H38N4O2. The van der Waals surface area contributed by atoms with E-state index < -0.39 is 0 Å². The number of benzene rings is 2. The molecule has 0 atom stereocenters. The van der Waals surface area contributed by atoms with Crippen LogP contribution in [-0.4, -0.2) is 30.1 Å². The summed E-state index contributed by atoms with van der Waals surface area (Å²) in [6.45, 7) is 13.0. The molecule has 6 aromatic rings. The highest BCUT2D eigenvalue weighted by atomic mass is 16.3. The molecule has 0 amide bonds. The van der Waals surface area contributed by atoms with Crippen molar-refractivity contribution in [2.75, 3.05) is 0 Å². The van der Waals surface area contributed by atoms with E-state index in [2.05, 4.69) is 51.5 Å². The van der Waals surface area contributed by atoms with Crippen LogP contribution in [0.5, 0.6) is 11.5 Å². The lowest BCUT2D eigenvalue weighted by atomic mass is 9.83. The summed E-state index contributed by atoms with van der Waals surface area (Å²) in [4.78, 5) is 16.4. The van der Waals surface area contributed by atoms with Crippen LogP contribution < -0.4 is 0 Å². The zero-order valence-electron chi connectivity index (χ0n) is 26.0. The zero-order chi connectivity index (χ0) is 31.2. The van der Waals surface area contributed by atoms with Crippen molar-refractivity contribution in [3.8, 4) is 67.9 Å². The molecule has 222 valence electrons. The Bertz CT molecular complexity index is 1800. The van der Waals surface area contributed by atoms with Crippen molar-refractivity contribution < 1.29 is 10.2 Å². The summed E-state index contributed by atoms with van der Waals surface area (Å²) in [6.07, 6.45) is 3.71. The van der Waals surface area contributed by atoms with E-state index in [0.29, 0.717) is 33.9 Å². The fourth-order valence-electron chi connectivity index (χ4n) is 5.39. The number of phenolic OH excluding ortho intramolecular Hbond substituents is 2. The van der Waals surface area contributed by atoms with E-state index in [1.165, 1.54) is 0 Å². The van der Waals surface area contributed by atoms with Crippen molar-refractivity contribution in [2.45, 2.75) is 52.4 Å². The molecule has 0 saturated heterocycles. The molecule has 0 fully saturated rings. The maximum atomic E-state index is 11.5. The van der Waals surface area contributed by atoms with Gasteiger partial charge in [0.25, 0.3) is 0 Å². The quantitative estimate of drug-likeness (QED) is 0.163. The average Bonchev–Trinajstić information content (AvgIpc) is 3.72. The molecule has 4 N–H and O–H groups in total. The molecule has 0 radical (unpaired) electrons. The first kappa shape index (κ1) is 29.0. The predicted octanol–water partition coefficient (Wildman–Crippen LogP) is 9.47. The van der Waals surface area contributed by atoms with Crippen LogP contribution in [0.4, 0.5) is 0 Å². The number of aromatic amines is 2. The largest absolute Gasteiger partial charge is 0.507 e. The van der Waals surface area contributed by atoms with Gasteiger partial charge in [0, 0.05) is 46.0 Å². The number of H-pyrrole nitrogens is 2. The Hall–Kier alpha value is -5.10. The van der Waals surface area contributed by atoms with E-state index in [-0.39, 0.29) is 22.3 Å². The fourth-order valence-corrected chi connectivity index (χ4v) is 5.39. The van der Waals surface area contributed by atoms with Crippen LogP contribution in [0, 0.1) is 0 Å². The number of hydrogen-bond acceptors (Lipinski definition) is 4. The van der Waals surface area contributed by atoms with Crippen molar-refractivity contribution in [3.63, 3.8) is 0 Å². The van der Waals surface area contributed by atoms with Crippen molar-refractivity contribution in [2.24, 2.45) is 0 Å². The molecule has 0 aliphatic carbocycles. The smallest absolute Gasteiger partial charge is 0.134 e. The fraction of sp³-hybridized carbons (Fsp3) is 0.211. The minimum atomic E-state index is -0.139. The maximum Gasteiger partial charge on any atom is 0.134 e. The number of rotatable bonds is 5. The van der Waals surface area contributed by atoms with E-state index in [0.717, 1.165) is 33.6 Å². The monoisotopic (exact) mass is 582 g/mol. The molecule has 0 aliphatic heterocycles. The first-order valence-electron chi connectivity index (χ1n) is 14.9. The van der Waals surface area contributed by atoms with E-state index in [1.807, 2.05) is 97.3 Å². The third-order valence-corrected chi connectivity index (χ3v) is 8.04. The van der Waals surface area contributed by atoms with Crippen LogP contribution in [0.15, 0.2) is 97.3 Å². The van der Waals surface area contributed by atoms with Crippen molar-refractivity contribution in [3.05, 3.63) is 108 Å². The molecule has 6 nitrogen and oxygen atoms in total. The number of pyridine rings is 2. The number of nitrogens with zero attached hydrogens (tertiary/aromatic N) is 2. The lowest BCUT2D eigenvalue weighted by molar-refractivity contribution is 0.477. The van der Waals surface area contributed by atoms with Gasteiger partial charge in [-0.3, -0.25) is 0 Å². The van der Waals surface area contributed by atoms with Crippen LogP contribution in [0.1, 0.15) is 52.7 Å². The third-order valence-electron chi connectivity index (χ3n) is 8.04. The van der Waals surface area contributed by atoms with Gasteiger partial charge in [0.2, 0.25) is 0 Å². The second-order valence-corrected chi connectivity index (χ2v) is 13.3. The lowest BCUT2D eigenvalue weighted by Crippen LogP contribution is -2.11. The normalized spacial score (nSPS) is 12.0. The molecule has 4 heterocycles. The molecule has 44 heavy (non-hydrogen) atoms. The number of aromatic hydroxyl groups is 2. The van der Waals surface area contributed by atoms with Gasteiger partial charge >= 0.3 is 0 Å². The third kappa shape index (κ3) is 5.51. The Morgan fingerprint density at radius 1 is 0.477 bits per heavy atom. The van der Waals surface area contributed by atoms with Crippen LogP contribution in [0.25, 0.3) is 56.4 Å². The highest BCUT2D eigenvalue weighted by Crippen LogP contribution is 2.43. The minimum absolute atomic E-state index is 0.139. The molecule has 0 unspecified atom stereocenters. The summed E-state index contributed by atoms with van der Waals surface area (Å²) >= 11 is 0. The number of phenols is 2. The predicted molar refractivity (Wildman–Crippen MR) is 179 cm³/mol. The highest BCUT2D eigenvalue weighted by Gasteiger charge is 2.23. The molecule has 4 aromatic heterocycles. The average molecular weight is 583 g/mol. The molecule has 6 rings (SSSR count). The summed E-state index contributed by atoms with van der Waals surface area (Å²) in [5.41, 5.74) is 9.02. The van der Waals surface area contributed by atoms with Gasteiger partial charge in [-0.05, 0) is 94.8 Å². The molecular weight excluding hydrogens is 544 g/mol. The molecule has 6 heteroatoms. The molecule has 0 aliphatic rings. The summed E-state index contributed by atoms with van der Waals surface area (Å²) in [5.74, 6) is 0.347. The SMILES string of the molecule is CC(C)(C)c1cc(-c2cccc(-c3cccc(-c4cc(C(C)(C)C)cc(-c5ccc[nH]5)c4O)n3)n2)c(O)c(-c2ccc[nH]2)c1. The Labute approximate surface area is 258 Å². The molecule has 0 saturated carbocycles. The number of aromatic nitrogens is 4. The Morgan fingerprint density at radius 3 is 1.18 bits per heavy atom. The van der Waals surface area contributed by atoms with Crippen LogP contribution >= 0.6 is 0 Å². The van der Waals surface area contributed by atoms with E-state index in [9.17, 15) is 10.2 Å². The highest BCUT2D eigenvalue weighted by molar-refractivity contribution is 5.83. The standard InChI is InChI=1S/C38H38N4O2/c1-37(2,3)23-19-25(29-15-9-17-39-29)35(43)27(21-23)31-11-7-13-33(41-31)34-14-8-12-32(42-34)28-22-24(38(4,5)6)20-26(36(28)44)30-16-10-18-40-30/h7-22,39-40,43-44H,1-6H3. The summed E-state index contributed by atoms with van der Waals surface area (Å²) in [5, 5.41) is 23.0. The molecule has 0 spiro atoms. The minimum Gasteiger partial charge on any atom is -0.507 e. The first-order valence-corrected chi connectivity index (χ1v) is 14.9. The first-order chi connectivity index (χ1) is 20.9. The van der Waals surface area contributed by atoms with E-state index in [1.54, 1.807) is 0 Å². The van der Waals surface area contributed by atoms with Crippen LogP contribution in [0.2, 0.25) is 0 Å². The van der Waals surface area contributed by atoms with Gasteiger partial charge in [-0.1, -0.05) is 53.7 Å². The number of hydrogen-bond donors (Lipinski definition) is 4. The summed E-state index contributed by atoms with van der Waals surface area (Å²) < 4.78 is 0. The Morgan fingerprint density at radius 2 is 0.841 bits per heavy atom. The van der Waals surface area contributed by atoms with Gasteiger partial charge in [-0.25, -0.2) is 9.97 Å². The number of nitrogens with one attached hydrogen (secondary N) is 2. The van der Waals surface area contributed by atoms with Gasteiger partial charge in [-0.15, -0.1) is 0 Å². The van der Waals surface area contributed by atoms with Crippen molar-refractivity contribution in [1.82, 2.24) is 19.9 Å². The maximum absolute atomic E-state index is 11.5. The van der Waals surface area contributed by atoms with Crippen molar-refractivity contribution >= 4 is 0 Å². The van der Waals surface area contributed by atoms with E-state index >= 15 is 0 Å². The molecule has 0 bridgehead atoms. The van der Waals surface area contributed by atoms with Gasteiger partial charge in [-0.2, -0.15) is 0 Å². The topological polar surface area (TPSA) is 97.8 Å².